The largest absolute Gasteiger partial charge is 0.382 e. The molecule has 0 unspecified atom stereocenters. The molecular weight excluding hydrogens is 286 g/mol. The smallest absolute Gasteiger partial charge is 0.265 e. The summed E-state index contributed by atoms with van der Waals surface area (Å²) < 4.78 is 0. The molecule has 0 aliphatic carbocycles. The van der Waals surface area contributed by atoms with Gasteiger partial charge in [0.2, 0.25) is 0 Å². The predicted octanol–water partition coefficient (Wildman–Crippen LogP) is 1.62. The second kappa shape index (κ2) is 7.61. The van der Waals surface area contributed by atoms with Crippen LogP contribution in [0.25, 0.3) is 0 Å². The van der Waals surface area contributed by atoms with Crippen LogP contribution in [0.4, 0.5) is 10.9 Å². The van der Waals surface area contributed by atoms with E-state index in [9.17, 15) is 4.79 Å². The maximum Gasteiger partial charge on any atom is 0.265 e. The fraction of sp³-hybridized carbons (Fsp3) is 0.714. The van der Waals surface area contributed by atoms with Gasteiger partial charge in [-0.2, -0.15) is 0 Å². The fourth-order valence-corrected chi connectivity index (χ4v) is 3.41. The van der Waals surface area contributed by atoms with Crippen molar-refractivity contribution in [3.63, 3.8) is 0 Å². The number of amides is 1. The van der Waals surface area contributed by atoms with Crippen LogP contribution in [-0.2, 0) is 0 Å². The summed E-state index contributed by atoms with van der Waals surface area (Å²) >= 11 is 1.31. The van der Waals surface area contributed by atoms with Crippen LogP contribution in [0.3, 0.4) is 0 Å². The third-order valence-electron chi connectivity index (χ3n) is 3.86. The number of hydrogen-bond acceptors (Lipinski definition) is 6. The number of hydrogen-bond donors (Lipinski definition) is 3. The predicted molar refractivity (Wildman–Crippen MR) is 87.9 cm³/mol. The topological polar surface area (TPSA) is 83.3 Å². The van der Waals surface area contributed by atoms with Crippen LogP contribution in [0.5, 0.6) is 0 Å². The van der Waals surface area contributed by atoms with Gasteiger partial charge in [0.25, 0.3) is 5.91 Å². The Bertz CT molecular complexity index is 468. The number of carbonyl (C=O) groups excluding carboxylic acids is 1. The second-order valence-electron chi connectivity index (χ2n) is 5.55. The Labute approximate surface area is 130 Å². The van der Waals surface area contributed by atoms with Gasteiger partial charge in [-0.1, -0.05) is 11.3 Å². The van der Waals surface area contributed by atoms with Gasteiger partial charge in [-0.25, -0.2) is 4.98 Å². The van der Waals surface area contributed by atoms with Gasteiger partial charge in [0.05, 0.1) is 0 Å². The third kappa shape index (κ3) is 4.57. The summed E-state index contributed by atoms with van der Waals surface area (Å²) in [4.78, 5) is 19.1. The summed E-state index contributed by atoms with van der Waals surface area (Å²) in [5, 5.41) is 6.75. The van der Waals surface area contributed by atoms with Crippen LogP contribution in [0.2, 0.25) is 0 Å². The highest BCUT2D eigenvalue weighted by Gasteiger charge is 2.18. The number of thiazole rings is 1. The van der Waals surface area contributed by atoms with Crippen LogP contribution in [0.1, 0.15) is 35.9 Å². The van der Waals surface area contributed by atoms with Crippen molar-refractivity contribution in [3.05, 3.63) is 4.88 Å². The van der Waals surface area contributed by atoms with E-state index in [2.05, 4.69) is 27.6 Å². The van der Waals surface area contributed by atoms with Crippen molar-refractivity contribution < 1.29 is 4.79 Å². The molecule has 1 aliphatic rings. The fourth-order valence-electron chi connectivity index (χ4n) is 2.54. The molecule has 2 rings (SSSR count). The first kappa shape index (κ1) is 16.0. The van der Waals surface area contributed by atoms with Crippen LogP contribution in [0.15, 0.2) is 0 Å². The highest BCUT2D eigenvalue weighted by Crippen LogP contribution is 2.24. The average Bonchev–Trinajstić information content (AvgIpc) is 2.82. The SMILES string of the molecule is CCNc1nc(N)c(C(=O)NCCC2CCN(C)CC2)s1. The zero-order valence-electron chi connectivity index (χ0n) is 12.8. The minimum Gasteiger partial charge on any atom is -0.382 e. The number of anilines is 2. The van der Waals surface area contributed by atoms with Crippen molar-refractivity contribution in [1.29, 1.82) is 0 Å². The molecule has 0 spiro atoms. The first-order valence-electron chi connectivity index (χ1n) is 7.57. The average molecular weight is 311 g/mol. The van der Waals surface area contributed by atoms with E-state index in [1.54, 1.807) is 0 Å². The van der Waals surface area contributed by atoms with Gasteiger partial charge in [-0.3, -0.25) is 4.79 Å². The second-order valence-corrected chi connectivity index (χ2v) is 6.55. The maximum atomic E-state index is 12.1. The van der Waals surface area contributed by atoms with Gasteiger partial charge in [-0.15, -0.1) is 0 Å². The van der Waals surface area contributed by atoms with Gasteiger partial charge in [0.1, 0.15) is 10.7 Å². The summed E-state index contributed by atoms with van der Waals surface area (Å²) in [6, 6.07) is 0. The van der Waals surface area contributed by atoms with Crippen LogP contribution in [0, 0.1) is 5.92 Å². The number of nitrogens with two attached hydrogens (primary N) is 1. The molecule has 0 atom stereocenters. The molecule has 4 N–H and O–H groups in total. The molecule has 1 saturated heterocycles. The standard InChI is InChI=1S/C14H25N5OS/c1-3-16-14-18-12(15)11(21-14)13(20)17-7-4-10-5-8-19(2)9-6-10/h10H,3-9,15H2,1-2H3,(H,16,18)(H,17,20). The monoisotopic (exact) mass is 311 g/mol. The Morgan fingerprint density at radius 1 is 1.48 bits per heavy atom. The molecule has 7 heteroatoms. The van der Waals surface area contributed by atoms with Crippen LogP contribution < -0.4 is 16.4 Å². The van der Waals surface area contributed by atoms with Crippen molar-refractivity contribution in [2.45, 2.75) is 26.2 Å². The maximum absolute atomic E-state index is 12.1. The Kier molecular flexibility index (Phi) is 5.81. The van der Waals surface area contributed by atoms with Gasteiger partial charge >= 0.3 is 0 Å². The Morgan fingerprint density at radius 3 is 2.86 bits per heavy atom. The lowest BCUT2D eigenvalue weighted by molar-refractivity contribution is 0.0953. The molecule has 1 aromatic heterocycles. The Hall–Kier alpha value is -1.34. The minimum atomic E-state index is -0.109. The lowest BCUT2D eigenvalue weighted by atomic mass is 9.94. The zero-order chi connectivity index (χ0) is 15.2. The molecule has 0 radical (unpaired) electrons. The number of nitrogens with one attached hydrogen (secondary N) is 2. The van der Waals surface area contributed by atoms with E-state index in [4.69, 9.17) is 5.73 Å². The molecule has 1 amide bonds. The molecule has 1 aromatic rings. The first-order chi connectivity index (χ1) is 10.1. The normalized spacial score (nSPS) is 16.9. The number of piperidine rings is 1. The van der Waals surface area contributed by atoms with E-state index >= 15 is 0 Å². The highest BCUT2D eigenvalue weighted by atomic mass is 32.1. The van der Waals surface area contributed by atoms with Crippen molar-refractivity contribution in [2.24, 2.45) is 5.92 Å². The quantitative estimate of drug-likeness (QED) is 0.743. The molecule has 1 aliphatic heterocycles. The molecular formula is C14H25N5OS. The van der Waals surface area contributed by atoms with E-state index < -0.39 is 0 Å². The van der Waals surface area contributed by atoms with Crippen molar-refractivity contribution in [1.82, 2.24) is 15.2 Å². The summed E-state index contributed by atoms with van der Waals surface area (Å²) in [6.45, 7) is 5.78. The Balaban J connectivity index is 1.76. The van der Waals surface area contributed by atoms with Crippen molar-refractivity contribution >= 4 is 28.2 Å². The molecule has 0 bridgehead atoms. The Morgan fingerprint density at radius 2 is 2.19 bits per heavy atom. The van der Waals surface area contributed by atoms with E-state index in [-0.39, 0.29) is 5.91 Å². The number of rotatable bonds is 6. The molecule has 0 saturated carbocycles. The summed E-state index contributed by atoms with van der Waals surface area (Å²) in [5.41, 5.74) is 5.80. The number of likely N-dealkylation sites (tertiary alicyclic amines) is 1. The number of nitrogen functional groups attached to an aromatic ring is 1. The highest BCUT2D eigenvalue weighted by molar-refractivity contribution is 7.18. The number of aromatic nitrogens is 1. The molecule has 1 fully saturated rings. The molecule has 0 aromatic carbocycles. The van der Waals surface area contributed by atoms with Crippen molar-refractivity contribution in [2.75, 3.05) is 44.3 Å². The zero-order valence-corrected chi connectivity index (χ0v) is 13.6. The third-order valence-corrected chi connectivity index (χ3v) is 4.89. The first-order valence-corrected chi connectivity index (χ1v) is 8.38. The van der Waals surface area contributed by atoms with Gasteiger partial charge in [0, 0.05) is 13.1 Å². The van der Waals surface area contributed by atoms with E-state index in [1.165, 1.54) is 24.2 Å². The molecule has 118 valence electrons. The van der Waals surface area contributed by atoms with E-state index in [1.807, 2.05) is 6.92 Å². The van der Waals surface area contributed by atoms with Crippen molar-refractivity contribution in [3.8, 4) is 0 Å². The van der Waals surface area contributed by atoms with Crippen LogP contribution >= 0.6 is 11.3 Å². The number of carbonyl (C=O) groups is 1. The van der Waals surface area contributed by atoms with Gasteiger partial charge < -0.3 is 21.3 Å². The summed E-state index contributed by atoms with van der Waals surface area (Å²) in [6.07, 6.45) is 3.48. The molecule has 2 heterocycles. The molecule has 21 heavy (non-hydrogen) atoms. The van der Waals surface area contributed by atoms with Crippen LogP contribution in [-0.4, -0.2) is 49.0 Å². The van der Waals surface area contributed by atoms with E-state index in [0.29, 0.717) is 22.4 Å². The minimum absolute atomic E-state index is 0.109. The molecule has 6 nitrogen and oxygen atoms in total. The summed E-state index contributed by atoms with van der Waals surface area (Å²) in [5.74, 6) is 0.924. The number of nitrogens with zero attached hydrogens (tertiary/aromatic N) is 2. The lowest BCUT2D eigenvalue weighted by Gasteiger charge is -2.28. The van der Waals surface area contributed by atoms with Gasteiger partial charge in [-0.05, 0) is 52.2 Å². The summed E-state index contributed by atoms with van der Waals surface area (Å²) in [7, 11) is 2.16. The lowest BCUT2D eigenvalue weighted by Crippen LogP contribution is -2.32. The van der Waals surface area contributed by atoms with Gasteiger partial charge in [0.15, 0.2) is 5.13 Å². The van der Waals surface area contributed by atoms with E-state index in [0.717, 1.165) is 32.0 Å².